The first-order chi connectivity index (χ1) is 10.1. The molecule has 0 N–H and O–H groups in total. The number of carbonyl (C=O) groups is 2. The molecule has 116 valence electrons. The van der Waals surface area contributed by atoms with E-state index in [4.69, 9.17) is 18.9 Å². The predicted molar refractivity (Wildman–Crippen MR) is 71.4 cm³/mol. The fourth-order valence-electron chi connectivity index (χ4n) is 2.55. The van der Waals surface area contributed by atoms with Crippen LogP contribution in [0.1, 0.15) is 26.2 Å². The lowest BCUT2D eigenvalue weighted by atomic mass is 9.83. The average Bonchev–Trinajstić information content (AvgIpc) is 3.36. The van der Waals surface area contributed by atoms with E-state index in [-0.39, 0.29) is 31.4 Å². The van der Waals surface area contributed by atoms with Crippen LogP contribution < -0.4 is 0 Å². The molecule has 1 aliphatic carbocycles. The molecule has 2 aliphatic heterocycles. The van der Waals surface area contributed by atoms with Crippen molar-refractivity contribution in [3.05, 3.63) is 11.1 Å². The fourth-order valence-corrected chi connectivity index (χ4v) is 2.55. The maximum atomic E-state index is 12.2. The molecule has 0 saturated carbocycles. The van der Waals surface area contributed by atoms with Crippen LogP contribution in [0.3, 0.4) is 0 Å². The van der Waals surface area contributed by atoms with Gasteiger partial charge in [-0.25, -0.2) is 4.79 Å². The molecule has 3 atom stereocenters. The average molecular weight is 296 g/mol. The first kappa shape index (κ1) is 14.5. The monoisotopic (exact) mass is 296 g/mol. The Hall–Kier alpha value is -1.40. The number of carbonyl (C=O) groups excluding carboxylic acids is 2. The van der Waals surface area contributed by atoms with Crippen molar-refractivity contribution in [3.8, 4) is 0 Å². The van der Waals surface area contributed by atoms with Crippen molar-refractivity contribution in [3.63, 3.8) is 0 Å². The summed E-state index contributed by atoms with van der Waals surface area (Å²) in [5, 5.41) is 0. The lowest BCUT2D eigenvalue weighted by Crippen LogP contribution is -2.30. The highest BCUT2D eigenvalue weighted by Crippen LogP contribution is 2.32. The minimum absolute atomic E-state index is 0.0239. The molecule has 21 heavy (non-hydrogen) atoms. The zero-order valence-corrected chi connectivity index (χ0v) is 12.1. The number of hydrogen-bond acceptors (Lipinski definition) is 6. The molecule has 0 bridgehead atoms. The van der Waals surface area contributed by atoms with Crippen molar-refractivity contribution in [1.29, 1.82) is 0 Å². The van der Waals surface area contributed by atoms with Crippen LogP contribution in [0.25, 0.3) is 0 Å². The van der Waals surface area contributed by atoms with Crippen molar-refractivity contribution in [2.45, 2.75) is 38.4 Å². The molecule has 6 heteroatoms. The molecule has 0 aromatic heterocycles. The van der Waals surface area contributed by atoms with Gasteiger partial charge in [0.15, 0.2) is 0 Å². The highest BCUT2D eigenvalue weighted by molar-refractivity contribution is 5.96. The molecule has 0 amide bonds. The van der Waals surface area contributed by atoms with Crippen LogP contribution >= 0.6 is 0 Å². The van der Waals surface area contributed by atoms with Crippen molar-refractivity contribution >= 4 is 11.9 Å². The molecule has 6 nitrogen and oxygen atoms in total. The summed E-state index contributed by atoms with van der Waals surface area (Å²) in [4.78, 5) is 24.4. The van der Waals surface area contributed by atoms with Gasteiger partial charge in [-0.15, -0.1) is 0 Å². The van der Waals surface area contributed by atoms with E-state index in [1.165, 1.54) is 0 Å². The molecule has 3 rings (SSSR count). The third-order valence-corrected chi connectivity index (χ3v) is 3.97. The van der Waals surface area contributed by atoms with E-state index < -0.39 is 11.9 Å². The van der Waals surface area contributed by atoms with Gasteiger partial charge in [0.2, 0.25) is 0 Å². The van der Waals surface area contributed by atoms with E-state index in [0.29, 0.717) is 25.2 Å². The van der Waals surface area contributed by atoms with Crippen LogP contribution in [-0.2, 0) is 28.5 Å². The standard InChI is InChI=1S/C15H20O6/c1-9-3-2-4-12(14(16)20-7-10-5-18-10)13(9)15(17)21-8-11-6-19-11/h10-12H,2-8H2,1H3. The maximum absolute atomic E-state index is 12.2. The summed E-state index contributed by atoms with van der Waals surface area (Å²) >= 11 is 0. The Kier molecular flexibility index (Phi) is 4.26. The van der Waals surface area contributed by atoms with Crippen molar-refractivity contribution < 1.29 is 28.5 Å². The number of epoxide rings is 2. The SMILES string of the molecule is CC1=C(C(=O)OCC2CO2)C(C(=O)OCC2CO2)CCC1. The van der Waals surface area contributed by atoms with Gasteiger partial charge in [-0.1, -0.05) is 5.57 Å². The Morgan fingerprint density at radius 1 is 1.14 bits per heavy atom. The van der Waals surface area contributed by atoms with Crippen molar-refractivity contribution in [2.75, 3.05) is 26.4 Å². The first-order valence-corrected chi connectivity index (χ1v) is 7.41. The third kappa shape index (κ3) is 3.83. The Balaban J connectivity index is 1.62. The number of esters is 2. The van der Waals surface area contributed by atoms with Gasteiger partial charge in [0.25, 0.3) is 0 Å². The van der Waals surface area contributed by atoms with Crippen LogP contribution in [0.5, 0.6) is 0 Å². The summed E-state index contributed by atoms with van der Waals surface area (Å²) in [5.41, 5.74) is 1.40. The maximum Gasteiger partial charge on any atom is 0.334 e. The van der Waals surface area contributed by atoms with Crippen LogP contribution in [0.15, 0.2) is 11.1 Å². The van der Waals surface area contributed by atoms with Gasteiger partial charge in [0.05, 0.1) is 24.7 Å². The largest absolute Gasteiger partial charge is 0.462 e. The van der Waals surface area contributed by atoms with Gasteiger partial charge in [-0.2, -0.15) is 0 Å². The predicted octanol–water partition coefficient (Wildman–Crippen LogP) is 0.987. The summed E-state index contributed by atoms with van der Waals surface area (Å²) < 4.78 is 20.5. The number of allylic oxidation sites excluding steroid dienone is 1. The van der Waals surface area contributed by atoms with E-state index in [9.17, 15) is 9.59 Å². The number of hydrogen-bond donors (Lipinski definition) is 0. The molecule has 2 fully saturated rings. The highest BCUT2D eigenvalue weighted by atomic mass is 16.6. The molecule has 0 aromatic rings. The summed E-state index contributed by atoms with van der Waals surface area (Å²) in [6, 6.07) is 0. The normalized spacial score (nSPS) is 30.8. The van der Waals surface area contributed by atoms with Gasteiger partial charge >= 0.3 is 11.9 Å². The lowest BCUT2D eigenvalue weighted by molar-refractivity contribution is -0.151. The molecular weight excluding hydrogens is 276 g/mol. The molecule has 0 aromatic carbocycles. The van der Waals surface area contributed by atoms with Crippen LogP contribution in [0, 0.1) is 5.92 Å². The first-order valence-electron chi connectivity index (χ1n) is 7.41. The quantitative estimate of drug-likeness (QED) is 0.537. The fraction of sp³-hybridized carbons (Fsp3) is 0.733. The van der Waals surface area contributed by atoms with E-state index >= 15 is 0 Å². The zero-order valence-electron chi connectivity index (χ0n) is 12.1. The molecule has 3 aliphatic rings. The summed E-state index contributed by atoms with van der Waals surface area (Å²) in [7, 11) is 0. The molecule has 0 radical (unpaired) electrons. The second-order valence-electron chi connectivity index (χ2n) is 5.78. The number of rotatable bonds is 6. The molecule has 3 unspecified atom stereocenters. The van der Waals surface area contributed by atoms with Gasteiger partial charge in [-0.3, -0.25) is 4.79 Å². The smallest absolute Gasteiger partial charge is 0.334 e. The Morgan fingerprint density at radius 3 is 2.38 bits per heavy atom. The van der Waals surface area contributed by atoms with Crippen LogP contribution in [0.4, 0.5) is 0 Å². The molecular formula is C15H20O6. The van der Waals surface area contributed by atoms with E-state index in [0.717, 1.165) is 18.4 Å². The summed E-state index contributed by atoms with van der Waals surface area (Å²) in [6.07, 6.45) is 2.39. The van der Waals surface area contributed by atoms with Gasteiger partial charge < -0.3 is 18.9 Å². The molecule has 2 saturated heterocycles. The molecule has 2 heterocycles. The summed E-state index contributed by atoms with van der Waals surface area (Å²) in [5.74, 6) is -1.27. The van der Waals surface area contributed by atoms with E-state index in [1.807, 2.05) is 6.92 Å². The van der Waals surface area contributed by atoms with Crippen LogP contribution in [-0.4, -0.2) is 50.6 Å². The molecule has 0 spiro atoms. The third-order valence-electron chi connectivity index (χ3n) is 3.97. The highest BCUT2D eigenvalue weighted by Gasteiger charge is 2.36. The second-order valence-corrected chi connectivity index (χ2v) is 5.78. The van der Waals surface area contributed by atoms with E-state index in [2.05, 4.69) is 0 Å². The zero-order chi connectivity index (χ0) is 14.8. The minimum Gasteiger partial charge on any atom is -0.462 e. The van der Waals surface area contributed by atoms with Crippen molar-refractivity contribution in [1.82, 2.24) is 0 Å². The second kappa shape index (κ2) is 6.15. The Labute approximate surface area is 123 Å². The van der Waals surface area contributed by atoms with Gasteiger partial charge in [0, 0.05) is 0 Å². The van der Waals surface area contributed by atoms with Crippen molar-refractivity contribution in [2.24, 2.45) is 5.92 Å². The Morgan fingerprint density at radius 2 is 1.76 bits per heavy atom. The lowest BCUT2D eigenvalue weighted by Gasteiger charge is -2.24. The van der Waals surface area contributed by atoms with Gasteiger partial charge in [-0.05, 0) is 26.2 Å². The Bertz CT molecular complexity index is 461. The number of ether oxygens (including phenoxy) is 4. The summed E-state index contributed by atoms with van der Waals surface area (Å²) in [6.45, 7) is 3.69. The minimum atomic E-state index is -0.509. The topological polar surface area (TPSA) is 77.7 Å². The van der Waals surface area contributed by atoms with E-state index in [1.54, 1.807) is 0 Å². The van der Waals surface area contributed by atoms with Crippen LogP contribution in [0.2, 0.25) is 0 Å². The van der Waals surface area contributed by atoms with Gasteiger partial charge in [0.1, 0.15) is 25.4 Å².